The fraction of sp³-hybridized carbons (Fsp3) is 0.0556. The van der Waals surface area contributed by atoms with Crippen molar-refractivity contribution < 1.29 is 19.1 Å². The van der Waals surface area contributed by atoms with Crippen LogP contribution < -0.4 is 5.32 Å². The maximum absolute atomic E-state index is 13.8. The first-order valence-corrected chi connectivity index (χ1v) is 8.75. The Morgan fingerprint density at radius 3 is 2.77 bits per heavy atom. The molecule has 3 rings (SSSR count). The van der Waals surface area contributed by atoms with E-state index in [1.807, 2.05) is 0 Å². The Hall–Kier alpha value is -2.71. The lowest BCUT2D eigenvalue weighted by Gasteiger charge is -2.14. The van der Waals surface area contributed by atoms with Crippen LogP contribution in [0.25, 0.3) is 6.08 Å². The Balaban J connectivity index is 1.71. The van der Waals surface area contributed by atoms with Crippen LogP contribution in [0.2, 0.25) is 0 Å². The molecule has 8 heteroatoms. The number of anilines is 1. The number of rotatable bonds is 4. The molecule has 2 amide bonds. The van der Waals surface area contributed by atoms with Gasteiger partial charge in [0.05, 0.1) is 4.91 Å². The number of thioether (sulfide) groups is 1. The fourth-order valence-corrected chi connectivity index (χ4v) is 3.54. The summed E-state index contributed by atoms with van der Waals surface area (Å²) >= 11 is 6.18. The number of amides is 2. The van der Waals surface area contributed by atoms with Crippen molar-refractivity contribution in [2.45, 2.75) is 0 Å². The lowest BCUT2D eigenvalue weighted by molar-refractivity contribution is -0.126. The van der Waals surface area contributed by atoms with Gasteiger partial charge in [0.1, 0.15) is 22.4 Å². The Bertz CT molecular complexity index is 930. The summed E-state index contributed by atoms with van der Waals surface area (Å²) in [7, 11) is 0. The van der Waals surface area contributed by atoms with Crippen molar-refractivity contribution in [3.8, 4) is 5.75 Å². The molecule has 0 saturated carbocycles. The predicted molar refractivity (Wildman–Crippen MR) is 103 cm³/mol. The van der Waals surface area contributed by atoms with Gasteiger partial charge in [-0.3, -0.25) is 14.5 Å². The van der Waals surface area contributed by atoms with Crippen molar-refractivity contribution >= 4 is 51.9 Å². The molecule has 0 spiro atoms. The minimum atomic E-state index is -0.459. The lowest BCUT2D eigenvalue weighted by atomic mass is 10.2. The number of nitrogens with zero attached hydrogens (tertiary/aromatic N) is 1. The van der Waals surface area contributed by atoms with Crippen molar-refractivity contribution in [2.24, 2.45) is 0 Å². The number of nitrogens with one attached hydrogen (secondary N) is 1. The molecule has 5 nitrogen and oxygen atoms in total. The highest BCUT2D eigenvalue weighted by Gasteiger charge is 2.33. The maximum Gasteiger partial charge on any atom is 0.266 e. The first-order valence-electron chi connectivity index (χ1n) is 7.53. The Morgan fingerprint density at radius 2 is 2.04 bits per heavy atom. The summed E-state index contributed by atoms with van der Waals surface area (Å²) in [4.78, 5) is 26.0. The summed E-state index contributed by atoms with van der Waals surface area (Å²) in [6, 6.07) is 12.1. The Labute approximate surface area is 158 Å². The summed E-state index contributed by atoms with van der Waals surface area (Å²) in [6.07, 6.45) is 1.42. The highest BCUT2D eigenvalue weighted by atomic mass is 32.2. The average molecular weight is 388 g/mol. The Kier molecular flexibility index (Phi) is 5.34. The number of halogens is 1. The van der Waals surface area contributed by atoms with Gasteiger partial charge in [0, 0.05) is 17.3 Å². The van der Waals surface area contributed by atoms with E-state index in [2.05, 4.69) is 5.32 Å². The van der Waals surface area contributed by atoms with Crippen LogP contribution in [0.5, 0.6) is 5.75 Å². The van der Waals surface area contributed by atoms with Gasteiger partial charge in [0.15, 0.2) is 0 Å². The van der Waals surface area contributed by atoms with Crippen molar-refractivity contribution in [3.05, 3.63) is 64.8 Å². The third-order valence-corrected chi connectivity index (χ3v) is 4.87. The van der Waals surface area contributed by atoms with Gasteiger partial charge in [-0.15, -0.1) is 0 Å². The second kappa shape index (κ2) is 7.67. The summed E-state index contributed by atoms with van der Waals surface area (Å²) in [6.45, 7) is -0.269. The van der Waals surface area contributed by atoms with E-state index in [-0.39, 0.29) is 27.1 Å². The van der Waals surface area contributed by atoms with Gasteiger partial charge in [0.25, 0.3) is 5.91 Å². The number of carbonyl (C=O) groups is 2. The number of hydrogen-bond donors (Lipinski definition) is 2. The van der Waals surface area contributed by atoms with Crippen LogP contribution in [0, 0.1) is 5.82 Å². The van der Waals surface area contributed by atoms with E-state index in [1.165, 1.54) is 24.3 Å². The van der Waals surface area contributed by atoms with Crippen LogP contribution in [0.3, 0.4) is 0 Å². The number of benzene rings is 2. The summed E-state index contributed by atoms with van der Waals surface area (Å²) < 4.78 is 14.0. The van der Waals surface area contributed by atoms with Gasteiger partial charge in [0.2, 0.25) is 5.91 Å². The summed E-state index contributed by atoms with van der Waals surface area (Å²) in [5, 5.41) is 12.0. The number of hydrogen-bond acceptors (Lipinski definition) is 5. The zero-order chi connectivity index (χ0) is 18.7. The molecule has 0 radical (unpaired) electrons. The van der Waals surface area contributed by atoms with Gasteiger partial charge in [-0.25, -0.2) is 4.39 Å². The van der Waals surface area contributed by atoms with Crippen LogP contribution in [-0.2, 0) is 9.59 Å². The molecule has 0 bridgehead atoms. The second-order valence-corrected chi connectivity index (χ2v) is 7.06. The van der Waals surface area contributed by atoms with E-state index in [1.54, 1.807) is 30.3 Å². The number of phenolic OH excluding ortho intramolecular Hbond substituents is 1. The molecule has 26 heavy (non-hydrogen) atoms. The van der Waals surface area contributed by atoms with Crippen LogP contribution in [0.15, 0.2) is 53.4 Å². The molecular weight excluding hydrogens is 375 g/mol. The van der Waals surface area contributed by atoms with Crippen LogP contribution in [0.4, 0.5) is 10.1 Å². The van der Waals surface area contributed by atoms with E-state index in [0.717, 1.165) is 16.7 Å². The van der Waals surface area contributed by atoms with Crippen molar-refractivity contribution in [1.82, 2.24) is 4.90 Å². The van der Waals surface area contributed by atoms with Crippen molar-refractivity contribution in [2.75, 3.05) is 11.9 Å². The molecule has 0 atom stereocenters. The SMILES string of the molecule is O=C(CN1C(=O)/C(=C\c2ccccc2F)SC1=S)Nc1cccc(O)c1. The molecule has 2 aromatic carbocycles. The zero-order valence-electron chi connectivity index (χ0n) is 13.3. The molecule has 1 saturated heterocycles. The minimum absolute atomic E-state index is 0.0150. The number of carbonyl (C=O) groups excluding carboxylic acids is 2. The molecule has 2 N–H and O–H groups in total. The standard InChI is InChI=1S/C18H13FN2O3S2/c19-14-7-2-1-4-11(14)8-15-17(24)21(18(25)26-15)10-16(23)20-12-5-3-6-13(22)9-12/h1-9,22H,10H2,(H,20,23)/b15-8+. The Morgan fingerprint density at radius 1 is 1.27 bits per heavy atom. The number of thiocarbonyl (C=S) groups is 1. The third-order valence-electron chi connectivity index (χ3n) is 3.50. The second-order valence-electron chi connectivity index (χ2n) is 5.39. The smallest absolute Gasteiger partial charge is 0.266 e. The molecule has 1 aliphatic rings. The van der Waals surface area contributed by atoms with Gasteiger partial charge in [-0.1, -0.05) is 48.2 Å². The van der Waals surface area contributed by atoms with E-state index < -0.39 is 17.6 Å². The molecular formula is C18H13FN2O3S2. The van der Waals surface area contributed by atoms with E-state index >= 15 is 0 Å². The molecule has 0 unspecified atom stereocenters. The monoisotopic (exact) mass is 388 g/mol. The van der Waals surface area contributed by atoms with Gasteiger partial charge >= 0.3 is 0 Å². The lowest BCUT2D eigenvalue weighted by Crippen LogP contribution is -2.36. The van der Waals surface area contributed by atoms with Crippen LogP contribution >= 0.6 is 24.0 Å². The molecule has 1 fully saturated rings. The third kappa shape index (κ3) is 4.09. The summed E-state index contributed by atoms with van der Waals surface area (Å²) in [5.41, 5.74) is 0.680. The molecule has 132 valence electrons. The largest absolute Gasteiger partial charge is 0.508 e. The van der Waals surface area contributed by atoms with Crippen LogP contribution in [0.1, 0.15) is 5.56 Å². The van der Waals surface area contributed by atoms with E-state index in [4.69, 9.17) is 12.2 Å². The minimum Gasteiger partial charge on any atom is -0.508 e. The average Bonchev–Trinajstić information content (AvgIpc) is 2.84. The van der Waals surface area contributed by atoms with Crippen molar-refractivity contribution in [1.29, 1.82) is 0 Å². The van der Waals surface area contributed by atoms with Gasteiger partial charge in [-0.05, 0) is 24.3 Å². The maximum atomic E-state index is 13.8. The number of phenols is 1. The van der Waals surface area contributed by atoms with Gasteiger partial charge in [-0.2, -0.15) is 0 Å². The van der Waals surface area contributed by atoms with Crippen LogP contribution in [-0.4, -0.2) is 32.7 Å². The predicted octanol–water partition coefficient (Wildman–Crippen LogP) is 3.37. The zero-order valence-corrected chi connectivity index (χ0v) is 14.9. The first-order chi connectivity index (χ1) is 12.4. The molecule has 0 aliphatic carbocycles. The van der Waals surface area contributed by atoms with Gasteiger partial charge < -0.3 is 10.4 Å². The summed E-state index contributed by atoms with van der Waals surface area (Å²) in [5.74, 6) is -1.34. The first kappa shape index (κ1) is 18.1. The van der Waals surface area contributed by atoms with E-state index in [9.17, 15) is 19.1 Å². The molecule has 0 aromatic heterocycles. The van der Waals surface area contributed by atoms with Crippen molar-refractivity contribution in [3.63, 3.8) is 0 Å². The highest BCUT2D eigenvalue weighted by Crippen LogP contribution is 2.32. The molecule has 2 aromatic rings. The number of aromatic hydroxyl groups is 1. The van der Waals surface area contributed by atoms with E-state index in [0.29, 0.717) is 5.69 Å². The molecule has 1 aliphatic heterocycles. The molecule has 1 heterocycles. The topological polar surface area (TPSA) is 69.6 Å². The quantitative estimate of drug-likeness (QED) is 0.621. The normalized spacial score (nSPS) is 15.6. The highest BCUT2D eigenvalue weighted by molar-refractivity contribution is 8.26. The fourth-order valence-electron chi connectivity index (χ4n) is 2.30.